The second-order valence-corrected chi connectivity index (χ2v) is 4.84. The van der Waals surface area contributed by atoms with E-state index in [1.165, 1.54) is 7.11 Å². The van der Waals surface area contributed by atoms with Crippen molar-refractivity contribution in [3.63, 3.8) is 0 Å². The van der Waals surface area contributed by atoms with Crippen LogP contribution in [0.5, 0.6) is 11.9 Å². The van der Waals surface area contributed by atoms with Crippen molar-refractivity contribution in [1.82, 2.24) is 9.97 Å². The van der Waals surface area contributed by atoms with E-state index in [0.717, 1.165) is 17.4 Å². The zero-order chi connectivity index (χ0) is 14.9. The van der Waals surface area contributed by atoms with Crippen LogP contribution < -0.4 is 9.47 Å². The van der Waals surface area contributed by atoms with E-state index >= 15 is 0 Å². The third kappa shape index (κ3) is 2.16. The van der Waals surface area contributed by atoms with Gasteiger partial charge in [0.25, 0.3) is 0 Å². The van der Waals surface area contributed by atoms with E-state index in [-0.39, 0.29) is 6.01 Å². The SMILES string of the molecule is COc1nc(OC)c2ccc(C3(C#N)CCCO3)cc2n1. The molecule has 1 aliphatic heterocycles. The Labute approximate surface area is 122 Å². The van der Waals surface area contributed by atoms with E-state index in [2.05, 4.69) is 16.0 Å². The van der Waals surface area contributed by atoms with Crippen LogP contribution in [0.15, 0.2) is 18.2 Å². The molecular formula is C15H15N3O3. The molecule has 1 aliphatic rings. The molecular weight excluding hydrogens is 270 g/mol. The maximum atomic E-state index is 9.49. The molecule has 6 heteroatoms. The van der Waals surface area contributed by atoms with Crippen molar-refractivity contribution in [1.29, 1.82) is 5.26 Å². The van der Waals surface area contributed by atoms with Gasteiger partial charge in [-0.1, -0.05) is 6.07 Å². The number of nitriles is 1. The van der Waals surface area contributed by atoms with Crippen LogP contribution in [0.2, 0.25) is 0 Å². The monoisotopic (exact) mass is 285 g/mol. The molecule has 1 unspecified atom stereocenters. The van der Waals surface area contributed by atoms with E-state index in [1.807, 2.05) is 18.2 Å². The Balaban J connectivity index is 2.18. The second-order valence-electron chi connectivity index (χ2n) is 4.84. The fourth-order valence-electron chi connectivity index (χ4n) is 2.60. The van der Waals surface area contributed by atoms with Gasteiger partial charge in [0.1, 0.15) is 6.07 Å². The van der Waals surface area contributed by atoms with E-state index in [0.29, 0.717) is 24.4 Å². The summed E-state index contributed by atoms with van der Waals surface area (Å²) in [6.45, 7) is 0.599. The Morgan fingerprint density at radius 1 is 1.29 bits per heavy atom. The van der Waals surface area contributed by atoms with Gasteiger partial charge < -0.3 is 14.2 Å². The van der Waals surface area contributed by atoms with Crippen LogP contribution in [0, 0.1) is 11.3 Å². The van der Waals surface area contributed by atoms with Crippen LogP contribution >= 0.6 is 0 Å². The lowest BCUT2D eigenvalue weighted by Crippen LogP contribution is -2.22. The number of ether oxygens (including phenoxy) is 3. The number of aromatic nitrogens is 2. The van der Waals surface area contributed by atoms with E-state index in [4.69, 9.17) is 14.2 Å². The van der Waals surface area contributed by atoms with Crippen molar-refractivity contribution in [2.75, 3.05) is 20.8 Å². The van der Waals surface area contributed by atoms with Gasteiger partial charge in [-0.2, -0.15) is 15.2 Å². The number of methoxy groups -OCH3 is 2. The molecule has 0 N–H and O–H groups in total. The first-order chi connectivity index (χ1) is 10.2. The molecule has 1 aromatic heterocycles. The molecule has 0 amide bonds. The highest BCUT2D eigenvalue weighted by Crippen LogP contribution is 2.37. The van der Waals surface area contributed by atoms with Crippen LogP contribution in [-0.2, 0) is 10.3 Å². The molecule has 1 aromatic carbocycles. The topological polar surface area (TPSA) is 77.3 Å². The van der Waals surface area contributed by atoms with Crippen LogP contribution in [0.3, 0.4) is 0 Å². The summed E-state index contributed by atoms with van der Waals surface area (Å²) in [6.07, 6.45) is 1.57. The lowest BCUT2D eigenvalue weighted by atomic mass is 9.91. The fraction of sp³-hybridized carbons (Fsp3) is 0.400. The van der Waals surface area contributed by atoms with Gasteiger partial charge in [-0.05, 0) is 25.0 Å². The fourth-order valence-corrected chi connectivity index (χ4v) is 2.60. The lowest BCUT2D eigenvalue weighted by Gasteiger charge is -2.20. The number of hydrogen-bond acceptors (Lipinski definition) is 6. The quantitative estimate of drug-likeness (QED) is 0.860. The minimum absolute atomic E-state index is 0.231. The summed E-state index contributed by atoms with van der Waals surface area (Å²) in [4.78, 5) is 8.47. The molecule has 2 heterocycles. The third-order valence-electron chi connectivity index (χ3n) is 3.69. The predicted molar refractivity (Wildman–Crippen MR) is 75.1 cm³/mol. The summed E-state index contributed by atoms with van der Waals surface area (Å²) < 4.78 is 16.0. The number of benzene rings is 1. The highest BCUT2D eigenvalue weighted by Gasteiger charge is 2.37. The number of hydrogen-bond donors (Lipinski definition) is 0. The molecule has 0 saturated carbocycles. The minimum Gasteiger partial charge on any atom is -0.480 e. The van der Waals surface area contributed by atoms with Gasteiger partial charge >= 0.3 is 6.01 Å². The molecule has 108 valence electrons. The lowest BCUT2D eigenvalue weighted by molar-refractivity contribution is 0.0496. The smallest absolute Gasteiger partial charge is 0.320 e. The van der Waals surface area contributed by atoms with E-state index in [1.54, 1.807) is 7.11 Å². The largest absolute Gasteiger partial charge is 0.480 e. The predicted octanol–water partition coefficient (Wildman–Crippen LogP) is 2.18. The van der Waals surface area contributed by atoms with Crippen molar-refractivity contribution >= 4 is 10.9 Å². The van der Waals surface area contributed by atoms with Gasteiger partial charge in [-0.15, -0.1) is 0 Å². The highest BCUT2D eigenvalue weighted by molar-refractivity contribution is 5.84. The Kier molecular flexibility index (Phi) is 3.35. The van der Waals surface area contributed by atoms with Crippen molar-refractivity contribution in [2.24, 2.45) is 0 Å². The second kappa shape index (κ2) is 5.19. The van der Waals surface area contributed by atoms with Crippen LogP contribution in [0.1, 0.15) is 18.4 Å². The molecule has 0 aliphatic carbocycles. The number of nitrogens with zero attached hydrogens (tertiary/aromatic N) is 3. The zero-order valence-electron chi connectivity index (χ0n) is 11.9. The van der Waals surface area contributed by atoms with Crippen molar-refractivity contribution < 1.29 is 14.2 Å². The summed E-state index contributed by atoms with van der Waals surface area (Å²) in [6, 6.07) is 8.08. The summed E-state index contributed by atoms with van der Waals surface area (Å²) in [5.74, 6) is 0.446. The van der Waals surface area contributed by atoms with Crippen molar-refractivity contribution in [3.05, 3.63) is 23.8 Å². The molecule has 21 heavy (non-hydrogen) atoms. The summed E-state index contributed by atoms with van der Waals surface area (Å²) >= 11 is 0. The highest BCUT2D eigenvalue weighted by atomic mass is 16.5. The summed E-state index contributed by atoms with van der Waals surface area (Å²) in [5, 5.41) is 10.3. The molecule has 1 saturated heterocycles. The molecule has 2 aromatic rings. The van der Waals surface area contributed by atoms with Crippen molar-refractivity contribution in [3.8, 4) is 18.0 Å². The van der Waals surface area contributed by atoms with Crippen LogP contribution in [-0.4, -0.2) is 30.8 Å². The molecule has 1 fully saturated rings. The molecule has 0 spiro atoms. The van der Waals surface area contributed by atoms with Gasteiger partial charge in [0, 0.05) is 12.2 Å². The third-order valence-corrected chi connectivity index (χ3v) is 3.69. The van der Waals surface area contributed by atoms with Crippen LogP contribution in [0.4, 0.5) is 0 Å². The molecule has 3 rings (SSSR count). The molecule has 1 atom stereocenters. The zero-order valence-corrected chi connectivity index (χ0v) is 11.9. The van der Waals surface area contributed by atoms with E-state index in [9.17, 15) is 5.26 Å². The first-order valence-electron chi connectivity index (χ1n) is 6.68. The van der Waals surface area contributed by atoms with Gasteiger partial charge in [0.2, 0.25) is 5.88 Å². The number of rotatable bonds is 3. The van der Waals surface area contributed by atoms with Crippen LogP contribution in [0.25, 0.3) is 10.9 Å². The summed E-state index contributed by atoms with van der Waals surface area (Å²) in [5.41, 5.74) is 0.596. The Morgan fingerprint density at radius 2 is 2.14 bits per heavy atom. The molecule has 6 nitrogen and oxygen atoms in total. The first kappa shape index (κ1) is 13.6. The first-order valence-corrected chi connectivity index (χ1v) is 6.68. The standard InChI is InChI=1S/C15H15N3O3/c1-19-13-11-5-4-10(15(9-16)6-3-7-21-15)8-12(11)17-14(18-13)20-2/h4-5,8H,3,6-7H2,1-2H3. The van der Waals surface area contributed by atoms with Gasteiger partial charge in [0.15, 0.2) is 5.60 Å². The average molecular weight is 285 g/mol. The molecule has 0 bridgehead atoms. The number of fused-ring (bicyclic) bond motifs is 1. The van der Waals surface area contributed by atoms with Gasteiger partial charge in [-0.3, -0.25) is 0 Å². The maximum Gasteiger partial charge on any atom is 0.320 e. The van der Waals surface area contributed by atoms with Gasteiger partial charge in [-0.25, -0.2) is 0 Å². The Hall–Kier alpha value is -2.39. The van der Waals surface area contributed by atoms with Gasteiger partial charge in [0.05, 0.1) is 25.1 Å². The summed E-state index contributed by atoms with van der Waals surface area (Å²) in [7, 11) is 3.05. The normalized spacial score (nSPS) is 21.2. The minimum atomic E-state index is -0.875. The van der Waals surface area contributed by atoms with Crippen molar-refractivity contribution in [2.45, 2.75) is 18.4 Å². The van der Waals surface area contributed by atoms with E-state index < -0.39 is 5.60 Å². The maximum absolute atomic E-state index is 9.49. The molecule has 0 radical (unpaired) electrons. The average Bonchev–Trinajstić information content (AvgIpc) is 3.03. The Morgan fingerprint density at radius 3 is 2.76 bits per heavy atom. The Bertz CT molecular complexity index is 718.